The molecule has 1 aromatic carbocycles. The summed E-state index contributed by atoms with van der Waals surface area (Å²) in [6, 6.07) is 8.39. The highest BCUT2D eigenvalue weighted by molar-refractivity contribution is 5.94. The average molecular weight is 463 g/mol. The molecule has 0 atom stereocenters. The molecule has 0 saturated heterocycles. The van der Waals surface area contributed by atoms with E-state index in [1.54, 1.807) is 43.6 Å². The van der Waals surface area contributed by atoms with Gasteiger partial charge in [-0.3, -0.25) is 28.3 Å². The maximum atomic E-state index is 12.6. The molecule has 12 heteroatoms. The highest BCUT2D eigenvalue weighted by atomic mass is 16.5. The average Bonchev–Trinajstić information content (AvgIpc) is 3.18. The van der Waals surface area contributed by atoms with E-state index in [4.69, 9.17) is 9.47 Å². The predicted octanol–water partition coefficient (Wildman–Crippen LogP) is 0.930. The van der Waals surface area contributed by atoms with Gasteiger partial charge in [0.25, 0.3) is 11.5 Å². The highest BCUT2D eigenvalue weighted by Gasteiger charge is 2.19. The standard InChI is InChI=1S/C22H21N7O5/c1-27-17-18(28(2)22(32)29(3)20(17)31)25-21(27)34-15-8-7-13(10-16(15)33-4)11-24-26-19(30)14-6-5-9-23-12-14/h5-12H,1-4H3,(H,26,30)/b24-11-. The van der Waals surface area contributed by atoms with Crippen LogP contribution in [0.2, 0.25) is 0 Å². The van der Waals surface area contributed by atoms with Crippen LogP contribution >= 0.6 is 0 Å². The maximum Gasteiger partial charge on any atom is 0.332 e. The minimum Gasteiger partial charge on any atom is -0.493 e. The molecule has 1 N–H and O–H groups in total. The number of pyridine rings is 1. The Hall–Kier alpha value is -4.74. The number of ether oxygens (including phenoxy) is 2. The van der Waals surface area contributed by atoms with Gasteiger partial charge in [-0.2, -0.15) is 10.1 Å². The van der Waals surface area contributed by atoms with E-state index in [0.29, 0.717) is 22.6 Å². The Morgan fingerprint density at radius 2 is 1.88 bits per heavy atom. The number of carbonyl (C=O) groups is 1. The van der Waals surface area contributed by atoms with E-state index in [9.17, 15) is 14.4 Å². The van der Waals surface area contributed by atoms with Gasteiger partial charge in [0.2, 0.25) is 0 Å². The lowest BCUT2D eigenvalue weighted by Crippen LogP contribution is -2.37. The fraction of sp³-hybridized carbons (Fsp3) is 0.182. The molecule has 4 aromatic rings. The van der Waals surface area contributed by atoms with Crippen LogP contribution in [0, 0.1) is 0 Å². The van der Waals surface area contributed by atoms with Crippen LogP contribution in [0.15, 0.2) is 57.4 Å². The van der Waals surface area contributed by atoms with Crippen molar-refractivity contribution >= 4 is 23.3 Å². The first-order valence-corrected chi connectivity index (χ1v) is 10.0. The van der Waals surface area contributed by atoms with Gasteiger partial charge < -0.3 is 9.47 Å². The summed E-state index contributed by atoms with van der Waals surface area (Å²) in [6.07, 6.45) is 4.47. The van der Waals surface area contributed by atoms with Gasteiger partial charge in [-0.25, -0.2) is 10.2 Å². The van der Waals surface area contributed by atoms with Crippen LogP contribution in [0.1, 0.15) is 15.9 Å². The Morgan fingerprint density at radius 1 is 1.09 bits per heavy atom. The maximum absolute atomic E-state index is 12.6. The summed E-state index contributed by atoms with van der Waals surface area (Å²) in [5, 5.41) is 3.95. The first kappa shape index (κ1) is 22.5. The lowest BCUT2D eigenvalue weighted by molar-refractivity contribution is 0.0954. The predicted molar refractivity (Wildman–Crippen MR) is 124 cm³/mol. The number of methoxy groups -OCH3 is 1. The zero-order valence-corrected chi connectivity index (χ0v) is 18.8. The third kappa shape index (κ3) is 4.03. The third-order valence-corrected chi connectivity index (χ3v) is 5.13. The van der Waals surface area contributed by atoms with Crippen molar-refractivity contribution in [2.45, 2.75) is 0 Å². The Bertz CT molecular complexity index is 1530. The summed E-state index contributed by atoms with van der Waals surface area (Å²) in [6.45, 7) is 0. The van der Waals surface area contributed by atoms with E-state index < -0.39 is 17.2 Å². The van der Waals surface area contributed by atoms with E-state index in [0.717, 1.165) is 4.57 Å². The Labute approximate surface area is 192 Å². The number of fused-ring (bicyclic) bond motifs is 1. The number of benzene rings is 1. The van der Waals surface area contributed by atoms with Gasteiger partial charge in [0.15, 0.2) is 22.7 Å². The van der Waals surface area contributed by atoms with Gasteiger partial charge in [-0.05, 0) is 35.9 Å². The van der Waals surface area contributed by atoms with Gasteiger partial charge in [0.1, 0.15) is 0 Å². The van der Waals surface area contributed by atoms with Crippen molar-refractivity contribution in [2.75, 3.05) is 7.11 Å². The minimum atomic E-state index is -0.487. The Balaban J connectivity index is 1.59. The second-order valence-corrected chi connectivity index (χ2v) is 7.28. The molecule has 0 unspecified atom stereocenters. The molecular weight excluding hydrogens is 442 g/mol. The molecule has 0 aliphatic carbocycles. The Kier molecular flexibility index (Phi) is 5.95. The summed E-state index contributed by atoms with van der Waals surface area (Å²) in [4.78, 5) is 45.0. The van der Waals surface area contributed by atoms with Crippen molar-refractivity contribution < 1.29 is 14.3 Å². The molecule has 12 nitrogen and oxygen atoms in total. The topological polar surface area (TPSA) is 135 Å². The molecule has 0 spiro atoms. The second kappa shape index (κ2) is 9.02. The van der Waals surface area contributed by atoms with Gasteiger partial charge in [-0.15, -0.1) is 0 Å². The monoisotopic (exact) mass is 463 g/mol. The van der Waals surface area contributed by atoms with E-state index in [1.807, 2.05) is 0 Å². The fourth-order valence-electron chi connectivity index (χ4n) is 3.26. The second-order valence-electron chi connectivity index (χ2n) is 7.28. The van der Waals surface area contributed by atoms with Crippen LogP contribution in [-0.4, -0.2) is 42.9 Å². The molecule has 0 fully saturated rings. The minimum absolute atomic E-state index is 0.108. The van der Waals surface area contributed by atoms with E-state index in [-0.39, 0.29) is 17.2 Å². The largest absolute Gasteiger partial charge is 0.493 e. The number of nitrogens with one attached hydrogen (secondary N) is 1. The van der Waals surface area contributed by atoms with Crippen molar-refractivity contribution in [1.82, 2.24) is 29.1 Å². The molecule has 0 radical (unpaired) electrons. The van der Waals surface area contributed by atoms with Gasteiger partial charge >= 0.3 is 11.7 Å². The number of carbonyl (C=O) groups excluding carboxylic acids is 1. The first-order chi connectivity index (χ1) is 16.3. The van der Waals surface area contributed by atoms with Crippen LogP contribution in [0.3, 0.4) is 0 Å². The molecule has 3 heterocycles. The van der Waals surface area contributed by atoms with Crippen LogP contribution < -0.4 is 26.1 Å². The van der Waals surface area contributed by atoms with Crippen molar-refractivity contribution in [3.8, 4) is 17.5 Å². The molecule has 3 aromatic heterocycles. The number of nitrogens with zero attached hydrogens (tertiary/aromatic N) is 6. The molecule has 0 bridgehead atoms. The molecular formula is C22H21N7O5. The lowest BCUT2D eigenvalue weighted by Gasteiger charge is -2.10. The SMILES string of the molecule is COc1cc(/C=N\NC(=O)c2cccnc2)ccc1Oc1nc2c(c(=O)n(C)c(=O)n2C)n1C. The zero-order chi connectivity index (χ0) is 24.4. The molecule has 0 saturated carbocycles. The van der Waals surface area contributed by atoms with Crippen molar-refractivity contribution in [1.29, 1.82) is 0 Å². The first-order valence-electron chi connectivity index (χ1n) is 10.0. The van der Waals surface area contributed by atoms with Crippen LogP contribution in [0.4, 0.5) is 0 Å². The van der Waals surface area contributed by atoms with Crippen LogP contribution in [0.25, 0.3) is 11.2 Å². The van der Waals surface area contributed by atoms with Crippen LogP contribution in [-0.2, 0) is 21.1 Å². The summed E-state index contributed by atoms with van der Waals surface area (Å²) in [5.41, 5.74) is 2.92. The quantitative estimate of drug-likeness (QED) is 0.332. The summed E-state index contributed by atoms with van der Waals surface area (Å²) >= 11 is 0. The van der Waals surface area contributed by atoms with Gasteiger partial charge in [0.05, 0.1) is 18.9 Å². The van der Waals surface area contributed by atoms with Gasteiger partial charge in [0, 0.05) is 33.5 Å². The van der Waals surface area contributed by atoms with E-state index in [2.05, 4.69) is 20.5 Å². The number of hydrogen-bond acceptors (Lipinski definition) is 8. The Morgan fingerprint density at radius 3 is 2.59 bits per heavy atom. The number of rotatable bonds is 6. The third-order valence-electron chi connectivity index (χ3n) is 5.13. The van der Waals surface area contributed by atoms with Gasteiger partial charge in [-0.1, -0.05) is 0 Å². The molecule has 34 heavy (non-hydrogen) atoms. The number of aryl methyl sites for hydroxylation is 2. The summed E-state index contributed by atoms with van der Waals surface area (Å²) in [7, 11) is 6.03. The van der Waals surface area contributed by atoms with Crippen LogP contribution in [0.5, 0.6) is 17.5 Å². The highest BCUT2D eigenvalue weighted by Crippen LogP contribution is 2.32. The van der Waals surface area contributed by atoms with Crippen molar-refractivity contribution in [2.24, 2.45) is 26.2 Å². The fourth-order valence-corrected chi connectivity index (χ4v) is 3.26. The molecule has 4 rings (SSSR count). The van der Waals surface area contributed by atoms with Crippen molar-refractivity contribution in [3.63, 3.8) is 0 Å². The summed E-state index contributed by atoms with van der Waals surface area (Å²) < 4.78 is 15.1. The smallest absolute Gasteiger partial charge is 0.332 e. The zero-order valence-electron chi connectivity index (χ0n) is 18.8. The lowest BCUT2D eigenvalue weighted by atomic mass is 10.2. The summed E-state index contributed by atoms with van der Waals surface area (Å²) in [5.74, 6) is 0.314. The normalized spacial score (nSPS) is 11.2. The van der Waals surface area contributed by atoms with Crippen molar-refractivity contribution in [3.05, 3.63) is 74.7 Å². The number of hydrogen-bond donors (Lipinski definition) is 1. The molecule has 0 aliphatic rings. The number of hydrazone groups is 1. The number of imidazole rings is 1. The molecule has 1 amide bonds. The molecule has 0 aliphatic heterocycles. The number of amides is 1. The molecule has 174 valence electrons. The number of aromatic nitrogens is 5. The van der Waals surface area contributed by atoms with E-state index in [1.165, 1.54) is 42.8 Å². The van der Waals surface area contributed by atoms with E-state index >= 15 is 0 Å².